The van der Waals surface area contributed by atoms with E-state index < -0.39 is 23.5 Å². The van der Waals surface area contributed by atoms with E-state index in [1.165, 1.54) is 6.07 Å². The van der Waals surface area contributed by atoms with Crippen LogP contribution in [-0.2, 0) is 19.1 Å². The summed E-state index contributed by atoms with van der Waals surface area (Å²) in [6.45, 7) is 13.9. The summed E-state index contributed by atoms with van der Waals surface area (Å²) >= 11 is 0. The van der Waals surface area contributed by atoms with Gasteiger partial charge in [-0.1, -0.05) is 25.3 Å². The third kappa shape index (κ3) is 8.72. The van der Waals surface area contributed by atoms with Gasteiger partial charge in [-0.25, -0.2) is 8.78 Å². The van der Waals surface area contributed by atoms with E-state index in [0.29, 0.717) is 32.0 Å². The fraction of sp³-hybridized carbons (Fsp3) is 0.512. The Morgan fingerprint density at radius 3 is 1.69 bits per heavy atom. The Morgan fingerprint density at radius 2 is 1.20 bits per heavy atom. The van der Waals surface area contributed by atoms with Crippen molar-refractivity contribution in [1.82, 2.24) is 0 Å². The average molecular weight is 703 g/mol. The lowest BCUT2D eigenvalue weighted by Gasteiger charge is -2.36. The van der Waals surface area contributed by atoms with Gasteiger partial charge in [0.25, 0.3) is 0 Å². The van der Waals surface area contributed by atoms with Gasteiger partial charge in [-0.2, -0.15) is 0 Å². The first kappa shape index (κ1) is 36.8. The van der Waals surface area contributed by atoms with E-state index in [1.807, 2.05) is 27.7 Å². The predicted octanol–water partition coefficient (Wildman–Crippen LogP) is 7.82. The van der Waals surface area contributed by atoms with Crippen molar-refractivity contribution >= 4 is 34.6 Å². The highest BCUT2D eigenvalue weighted by atomic mass is 19.2. The number of hydrogen-bond acceptors (Lipinski definition) is 6. The molecule has 2 unspecified atom stereocenters. The second-order valence-electron chi connectivity index (χ2n) is 14.6. The molecule has 8 nitrogen and oxygen atoms in total. The summed E-state index contributed by atoms with van der Waals surface area (Å²) in [5.74, 6) is -3.75. The highest BCUT2D eigenvalue weighted by Crippen LogP contribution is 2.42. The van der Waals surface area contributed by atoms with Crippen molar-refractivity contribution in [2.75, 3.05) is 73.0 Å². The van der Waals surface area contributed by atoms with Crippen molar-refractivity contribution < 1.29 is 27.8 Å². The number of ether oxygens (including phenoxy) is 2. The molecule has 1 aliphatic carbocycles. The largest absolute Gasteiger partial charge is 0.378 e. The lowest BCUT2D eigenvalue weighted by atomic mass is 9.70. The van der Waals surface area contributed by atoms with Crippen LogP contribution in [0.4, 0.5) is 31.5 Å². The Balaban J connectivity index is 1.30. The first-order chi connectivity index (χ1) is 24.6. The van der Waals surface area contributed by atoms with Gasteiger partial charge in [-0.15, -0.1) is 0 Å². The molecule has 10 heteroatoms. The molecule has 0 aromatic heterocycles. The Kier molecular flexibility index (Phi) is 11.9. The smallest absolute Gasteiger partial charge is 0.228 e. The fourth-order valence-corrected chi connectivity index (χ4v) is 8.29. The molecule has 0 spiro atoms. The maximum atomic E-state index is 14.9. The van der Waals surface area contributed by atoms with Gasteiger partial charge in [-0.3, -0.25) is 9.59 Å². The summed E-state index contributed by atoms with van der Waals surface area (Å²) in [4.78, 5) is 33.3. The molecule has 51 heavy (non-hydrogen) atoms. The zero-order valence-corrected chi connectivity index (χ0v) is 30.5. The van der Waals surface area contributed by atoms with E-state index in [4.69, 9.17) is 9.47 Å². The summed E-state index contributed by atoms with van der Waals surface area (Å²) in [7, 11) is 0. The third-order valence-electron chi connectivity index (χ3n) is 11.0. The van der Waals surface area contributed by atoms with E-state index in [-0.39, 0.29) is 24.2 Å². The van der Waals surface area contributed by atoms with Crippen LogP contribution in [0, 0.1) is 51.2 Å². The maximum absolute atomic E-state index is 14.9. The number of morpholine rings is 2. The molecule has 6 rings (SSSR count). The molecule has 2 atom stereocenters. The molecule has 274 valence electrons. The van der Waals surface area contributed by atoms with E-state index in [2.05, 4.69) is 44.7 Å². The van der Waals surface area contributed by atoms with E-state index in [1.54, 1.807) is 0 Å². The quantitative estimate of drug-likeness (QED) is 0.224. The van der Waals surface area contributed by atoms with Crippen molar-refractivity contribution in [3.63, 3.8) is 0 Å². The molecule has 2 N–H and O–H groups in total. The first-order valence-corrected chi connectivity index (χ1v) is 18.5. The van der Waals surface area contributed by atoms with Crippen LogP contribution in [0.5, 0.6) is 0 Å². The maximum Gasteiger partial charge on any atom is 0.228 e. The zero-order chi connectivity index (χ0) is 36.1. The molecular formula is C41H52F2N4O4. The van der Waals surface area contributed by atoms with Crippen molar-refractivity contribution in [1.29, 1.82) is 0 Å². The minimum Gasteiger partial charge on any atom is -0.378 e. The van der Waals surface area contributed by atoms with Crippen LogP contribution in [0.25, 0.3) is 0 Å². The Bertz CT molecular complexity index is 1670. The number of anilines is 4. The van der Waals surface area contributed by atoms with Crippen LogP contribution in [0.1, 0.15) is 72.3 Å². The molecule has 0 radical (unpaired) electrons. The first-order valence-electron chi connectivity index (χ1n) is 18.5. The van der Waals surface area contributed by atoms with Gasteiger partial charge in [0.2, 0.25) is 11.8 Å². The van der Waals surface area contributed by atoms with Crippen LogP contribution >= 0.6 is 0 Å². The number of amides is 2. The Hall–Kier alpha value is -4.02. The Labute approximate surface area is 300 Å². The summed E-state index contributed by atoms with van der Waals surface area (Å²) < 4.78 is 40.2. The van der Waals surface area contributed by atoms with Crippen LogP contribution in [0.15, 0.2) is 42.5 Å². The Morgan fingerprint density at radius 1 is 0.706 bits per heavy atom. The molecule has 1 saturated carbocycles. The fourth-order valence-electron chi connectivity index (χ4n) is 8.29. The number of rotatable bonds is 10. The van der Waals surface area contributed by atoms with Gasteiger partial charge >= 0.3 is 0 Å². The van der Waals surface area contributed by atoms with Crippen molar-refractivity contribution in [3.8, 4) is 0 Å². The van der Waals surface area contributed by atoms with Crippen LogP contribution in [0.3, 0.4) is 0 Å². The van der Waals surface area contributed by atoms with Gasteiger partial charge in [0.05, 0.1) is 26.4 Å². The number of carbonyl (C=O) groups excluding carboxylic acids is 2. The molecule has 2 heterocycles. The molecule has 3 aromatic carbocycles. The number of nitrogens with one attached hydrogen (secondary N) is 2. The number of aryl methyl sites for hydroxylation is 4. The van der Waals surface area contributed by atoms with Gasteiger partial charge in [0, 0.05) is 67.2 Å². The normalized spacial score (nSPS) is 18.3. The predicted molar refractivity (Wildman–Crippen MR) is 199 cm³/mol. The van der Waals surface area contributed by atoms with Crippen LogP contribution < -0.4 is 20.4 Å². The highest BCUT2D eigenvalue weighted by molar-refractivity contribution is 5.97. The third-order valence-corrected chi connectivity index (χ3v) is 11.0. The molecule has 3 aliphatic rings. The highest BCUT2D eigenvalue weighted by Gasteiger charge is 2.39. The van der Waals surface area contributed by atoms with Gasteiger partial charge in [-0.05, 0) is 111 Å². The summed E-state index contributed by atoms with van der Waals surface area (Å²) in [5, 5.41) is 6.41. The second-order valence-corrected chi connectivity index (χ2v) is 14.6. The average Bonchev–Trinajstić information content (AvgIpc) is 3.13. The van der Waals surface area contributed by atoms with Gasteiger partial charge in [0.15, 0.2) is 11.6 Å². The number of hydrogen-bond donors (Lipinski definition) is 2. The minimum atomic E-state index is -0.989. The molecule has 2 saturated heterocycles. The number of carbonyl (C=O) groups is 2. The molecule has 0 bridgehead atoms. The summed E-state index contributed by atoms with van der Waals surface area (Å²) in [6, 6.07) is 12.1. The molecule has 2 amide bonds. The van der Waals surface area contributed by atoms with Gasteiger partial charge < -0.3 is 29.9 Å². The van der Waals surface area contributed by atoms with Crippen molar-refractivity contribution in [2.45, 2.75) is 72.1 Å². The lowest BCUT2D eigenvalue weighted by molar-refractivity contribution is -0.123. The lowest BCUT2D eigenvalue weighted by Crippen LogP contribution is -2.37. The SMILES string of the molecule is Cc1cc(N2CCOCC2)cc(C)c1NC(=O)CC(c1ccc(F)c(F)c1)C(C(=O)Nc1c(C)cc(N2CCOCC2)cc1C)C1CCCCC1. The van der Waals surface area contributed by atoms with Gasteiger partial charge in [0.1, 0.15) is 0 Å². The summed E-state index contributed by atoms with van der Waals surface area (Å²) in [6.07, 6.45) is 4.64. The second kappa shape index (κ2) is 16.5. The topological polar surface area (TPSA) is 83.1 Å². The van der Waals surface area contributed by atoms with Crippen molar-refractivity contribution in [2.24, 2.45) is 11.8 Å². The van der Waals surface area contributed by atoms with Crippen LogP contribution in [-0.4, -0.2) is 64.4 Å². The number of benzene rings is 3. The zero-order valence-electron chi connectivity index (χ0n) is 30.5. The number of halogens is 2. The van der Waals surface area contributed by atoms with Crippen molar-refractivity contribution in [3.05, 3.63) is 81.9 Å². The minimum absolute atomic E-state index is 0.0193. The molecule has 2 aliphatic heterocycles. The number of nitrogens with zero attached hydrogens (tertiary/aromatic N) is 2. The monoisotopic (exact) mass is 702 g/mol. The molecular weight excluding hydrogens is 650 g/mol. The van der Waals surface area contributed by atoms with E-state index in [0.717, 1.165) is 115 Å². The standard InChI is InChI=1S/C41H52F2N4O4/c1-26-20-32(46-12-16-50-17-13-46)21-27(2)39(26)44-37(48)25-34(31-10-11-35(42)36(43)24-31)38(30-8-6-5-7-9-30)41(49)45-40-28(3)22-33(23-29(40)4)47-14-18-51-19-15-47/h10-11,20-24,30,34,38H,5-9,12-19,25H2,1-4H3,(H,44,48)(H,45,49). The van der Waals surface area contributed by atoms with Crippen LogP contribution in [0.2, 0.25) is 0 Å². The summed E-state index contributed by atoms with van der Waals surface area (Å²) in [5.41, 5.74) is 7.86. The van der Waals surface area contributed by atoms with E-state index in [9.17, 15) is 18.4 Å². The van der Waals surface area contributed by atoms with E-state index >= 15 is 0 Å². The molecule has 3 aromatic rings. The molecule has 3 fully saturated rings.